The van der Waals surface area contributed by atoms with Crippen molar-refractivity contribution in [2.24, 2.45) is 5.92 Å². The van der Waals surface area contributed by atoms with E-state index >= 15 is 0 Å². The smallest absolute Gasteiger partial charge is 0.308 e. The van der Waals surface area contributed by atoms with Gasteiger partial charge in [-0.05, 0) is 12.5 Å². The van der Waals surface area contributed by atoms with E-state index in [1.165, 1.54) is 0 Å². The van der Waals surface area contributed by atoms with Gasteiger partial charge in [0.1, 0.15) is 5.52 Å². The topological polar surface area (TPSA) is 70.7 Å². The molecule has 6 nitrogen and oxygen atoms in total. The van der Waals surface area contributed by atoms with Crippen LogP contribution in [0.4, 0.5) is 5.82 Å². The number of hydrogen-bond acceptors (Lipinski definition) is 4. The summed E-state index contributed by atoms with van der Waals surface area (Å²) in [5, 5.41) is 13.7. The van der Waals surface area contributed by atoms with Gasteiger partial charge in [-0.1, -0.05) is 20.8 Å². The molecule has 0 amide bonds. The molecule has 3 rings (SSSR count). The molecule has 1 saturated heterocycles. The second kappa shape index (κ2) is 4.72. The van der Waals surface area contributed by atoms with Crippen molar-refractivity contribution in [3.8, 4) is 0 Å². The van der Waals surface area contributed by atoms with Crippen molar-refractivity contribution in [3.05, 3.63) is 24.2 Å². The van der Waals surface area contributed by atoms with Crippen LogP contribution < -0.4 is 4.90 Å². The molecule has 1 fully saturated rings. The molecule has 0 radical (unpaired) electrons. The van der Waals surface area contributed by atoms with Crippen molar-refractivity contribution < 1.29 is 9.90 Å². The summed E-state index contributed by atoms with van der Waals surface area (Å²) in [6.45, 7) is 7.60. The summed E-state index contributed by atoms with van der Waals surface area (Å²) in [4.78, 5) is 17.6. The van der Waals surface area contributed by atoms with Gasteiger partial charge in [0.25, 0.3) is 0 Å². The highest BCUT2D eigenvalue weighted by atomic mass is 16.4. The highest BCUT2D eigenvalue weighted by Crippen LogP contribution is 2.29. The van der Waals surface area contributed by atoms with E-state index in [1.807, 2.05) is 15.6 Å². The Bertz CT molecular complexity index is 687. The Hall–Kier alpha value is -2.11. The molecular weight excluding hydrogens is 268 g/mol. The molecule has 1 aliphatic heterocycles. The molecule has 1 atom stereocenters. The van der Waals surface area contributed by atoms with Crippen LogP contribution in [-0.2, 0) is 10.2 Å². The monoisotopic (exact) mass is 288 g/mol. The van der Waals surface area contributed by atoms with Gasteiger partial charge in [-0.3, -0.25) is 4.79 Å². The maximum Gasteiger partial charge on any atom is 0.308 e. The van der Waals surface area contributed by atoms with Crippen molar-refractivity contribution in [1.82, 2.24) is 14.6 Å². The lowest BCUT2D eigenvalue weighted by atomic mass is 9.92. The quantitative estimate of drug-likeness (QED) is 0.914. The molecule has 0 bridgehead atoms. The molecule has 2 aromatic heterocycles. The lowest BCUT2D eigenvalue weighted by Gasteiger charge is -2.17. The van der Waals surface area contributed by atoms with Crippen LogP contribution in [0.2, 0.25) is 0 Å². The Balaban J connectivity index is 2.00. The number of carboxylic acid groups (broad SMARTS) is 1. The Morgan fingerprint density at radius 3 is 2.81 bits per heavy atom. The zero-order valence-corrected chi connectivity index (χ0v) is 12.6. The van der Waals surface area contributed by atoms with Gasteiger partial charge >= 0.3 is 5.97 Å². The number of carboxylic acids is 1. The van der Waals surface area contributed by atoms with Crippen LogP contribution in [0.3, 0.4) is 0 Å². The summed E-state index contributed by atoms with van der Waals surface area (Å²) in [5.41, 5.74) is 1.91. The van der Waals surface area contributed by atoms with E-state index in [4.69, 9.17) is 5.11 Å². The standard InChI is InChI=1S/C15H20N4O2/c1-15(2,3)12-8-11-13(16-5-7-19(11)17-12)18-6-4-10(9-18)14(20)21/h5,7-8,10H,4,6,9H2,1-3H3,(H,20,21). The lowest BCUT2D eigenvalue weighted by molar-refractivity contribution is -0.140. The van der Waals surface area contributed by atoms with Gasteiger partial charge in [-0.15, -0.1) is 0 Å². The number of aliphatic carboxylic acids is 1. The second-order valence-corrected chi connectivity index (χ2v) is 6.63. The normalized spacial score (nSPS) is 19.4. The van der Waals surface area contributed by atoms with Crippen molar-refractivity contribution in [2.45, 2.75) is 32.6 Å². The van der Waals surface area contributed by atoms with Crippen LogP contribution >= 0.6 is 0 Å². The van der Waals surface area contributed by atoms with Crippen LogP contribution in [-0.4, -0.2) is 38.8 Å². The molecule has 0 aliphatic carbocycles. The van der Waals surface area contributed by atoms with Crippen molar-refractivity contribution in [2.75, 3.05) is 18.0 Å². The first-order valence-electron chi connectivity index (χ1n) is 7.19. The third-order valence-corrected chi connectivity index (χ3v) is 3.97. The molecule has 112 valence electrons. The van der Waals surface area contributed by atoms with Crippen LogP contribution in [0.15, 0.2) is 18.5 Å². The average molecular weight is 288 g/mol. The zero-order valence-electron chi connectivity index (χ0n) is 12.6. The van der Waals surface area contributed by atoms with Crippen LogP contribution in [0.25, 0.3) is 5.52 Å². The number of fused-ring (bicyclic) bond motifs is 1. The van der Waals surface area contributed by atoms with E-state index in [1.54, 1.807) is 6.20 Å². The van der Waals surface area contributed by atoms with E-state index in [0.29, 0.717) is 13.0 Å². The van der Waals surface area contributed by atoms with Gasteiger partial charge in [0, 0.05) is 30.9 Å². The molecular formula is C15H20N4O2. The van der Waals surface area contributed by atoms with Gasteiger partial charge in [0.2, 0.25) is 0 Å². The molecule has 0 aromatic carbocycles. The maximum atomic E-state index is 11.1. The summed E-state index contributed by atoms with van der Waals surface area (Å²) in [6.07, 6.45) is 4.22. The minimum absolute atomic E-state index is 0.0299. The molecule has 1 unspecified atom stereocenters. The third kappa shape index (κ3) is 2.46. The Labute approximate surface area is 123 Å². The molecule has 0 spiro atoms. The highest BCUT2D eigenvalue weighted by Gasteiger charge is 2.30. The largest absolute Gasteiger partial charge is 0.481 e. The van der Waals surface area contributed by atoms with Gasteiger partial charge in [-0.2, -0.15) is 5.10 Å². The van der Waals surface area contributed by atoms with E-state index < -0.39 is 5.97 Å². The molecule has 6 heteroatoms. The van der Waals surface area contributed by atoms with E-state index in [-0.39, 0.29) is 11.3 Å². The highest BCUT2D eigenvalue weighted by molar-refractivity contribution is 5.74. The summed E-state index contributed by atoms with van der Waals surface area (Å²) < 4.78 is 1.83. The van der Waals surface area contributed by atoms with E-state index in [0.717, 1.165) is 23.6 Å². The predicted octanol–water partition coefficient (Wildman–Crippen LogP) is 1.94. The molecule has 2 aromatic rings. The Kier molecular flexibility index (Phi) is 3.11. The van der Waals surface area contributed by atoms with Gasteiger partial charge in [0.15, 0.2) is 5.82 Å². The van der Waals surface area contributed by atoms with Gasteiger partial charge < -0.3 is 10.0 Å². The van der Waals surface area contributed by atoms with Gasteiger partial charge in [-0.25, -0.2) is 9.50 Å². The van der Waals surface area contributed by atoms with E-state index in [9.17, 15) is 4.79 Å². The minimum atomic E-state index is -0.728. The molecule has 1 N–H and O–H groups in total. The van der Waals surface area contributed by atoms with E-state index in [2.05, 4.69) is 36.9 Å². The van der Waals surface area contributed by atoms with Crippen LogP contribution in [0.5, 0.6) is 0 Å². The third-order valence-electron chi connectivity index (χ3n) is 3.97. The van der Waals surface area contributed by atoms with Crippen molar-refractivity contribution in [3.63, 3.8) is 0 Å². The Morgan fingerprint density at radius 1 is 1.43 bits per heavy atom. The fourth-order valence-corrected chi connectivity index (χ4v) is 2.67. The summed E-state index contributed by atoms with van der Waals surface area (Å²) >= 11 is 0. The number of hydrogen-bond donors (Lipinski definition) is 1. The molecule has 3 heterocycles. The first kappa shape index (κ1) is 13.9. The summed E-state index contributed by atoms with van der Waals surface area (Å²) in [7, 11) is 0. The number of anilines is 1. The number of carbonyl (C=O) groups is 1. The van der Waals surface area contributed by atoms with Crippen LogP contribution in [0, 0.1) is 5.92 Å². The molecule has 1 aliphatic rings. The second-order valence-electron chi connectivity index (χ2n) is 6.63. The number of nitrogens with zero attached hydrogens (tertiary/aromatic N) is 4. The van der Waals surface area contributed by atoms with Crippen molar-refractivity contribution >= 4 is 17.3 Å². The average Bonchev–Trinajstić information content (AvgIpc) is 3.04. The summed E-state index contributed by atoms with van der Waals surface area (Å²) in [5.74, 6) is -0.213. The SMILES string of the molecule is CC(C)(C)c1cc2c(N3CCC(C(=O)O)C3)nccn2n1. The minimum Gasteiger partial charge on any atom is -0.481 e. The van der Waals surface area contributed by atoms with Gasteiger partial charge in [0.05, 0.1) is 11.6 Å². The summed E-state index contributed by atoms with van der Waals surface area (Å²) in [6, 6.07) is 2.05. The fraction of sp³-hybridized carbons (Fsp3) is 0.533. The number of aromatic nitrogens is 3. The Morgan fingerprint density at radius 2 is 2.19 bits per heavy atom. The first-order chi connectivity index (χ1) is 9.86. The first-order valence-corrected chi connectivity index (χ1v) is 7.19. The predicted molar refractivity (Wildman–Crippen MR) is 79.6 cm³/mol. The number of rotatable bonds is 2. The fourth-order valence-electron chi connectivity index (χ4n) is 2.67. The maximum absolute atomic E-state index is 11.1. The van der Waals surface area contributed by atoms with Crippen molar-refractivity contribution in [1.29, 1.82) is 0 Å². The molecule has 0 saturated carbocycles. The molecule has 21 heavy (non-hydrogen) atoms. The lowest BCUT2D eigenvalue weighted by Crippen LogP contribution is -2.24. The zero-order chi connectivity index (χ0) is 15.2. The van der Waals surface area contributed by atoms with Crippen LogP contribution in [0.1, 0.15) is 32.9 Å².